The van der Waals surface area contributed by atoms with Gasteiger partial charge in [-0.2, -0.15) is 5.10 Å². The Balaban J connectivity index is 2.12. The maximum absolute atomic E-state index is 11.7. The third-order valence-electron chi connectivity index (χ3n) is 2.90. The Morgan fingerprint density at radius 1 is 1.44 bits per heavy atom. The molecular weight excluding hydrogens is 204 g/mol. The van der Waals surface area contributed by atoms with Gasteiger partial charge in [0.25, 0.3) is 5.56 Å². The smallest absolute Gasteiger partial charge is 0.268 e. The zero-order valence-electron chi connectivity index (χ0n) is 9.65. The van der Waals surface area contributed by atoms with Crippen molar-refractivity contribution in [2.45, 2.75) is 19.4 Å². The second-order valence-electron chi connectivity index (χ2n) is 4.07. The quantitative estimate of drug-likeness (QED) is 0.783. The molecule has 0 aliphatic carbocycles. The van der Waals surface area contributed by atoms with E-state index in [9.17, 15) is 4.79 Å². The van der Waals surface area contributed by atoms with Crippen LogP contribution in [0.3, 0.4) is 0 Å². The van der Waals surface area contributed by atoms with E-state index in [4.69, 9.17) is 0 Å². The van der Waals surface area contributed by atoms with Crippen LogP contribution < -0.4 is 15.8 Å². The third kappa shape index (κ3) is 2.41. The SMILES string of the molecule is CNCCn1ncc(N2CCCC2)cc1=O. The molecule has 1 aromatic rings. The van der Waals surface area contributed by atoms with Crippen molar-refractivity contribution in [2.24, 2.45) is 0 Å². The van der Waals surface area contributed by atoms with Crippen LogP contribution in [0.2, 0.25) is 0 Å². The van der Waals surface area contributed by atoms with E-state index in [-0.39, 0.29) is 5.56 Å². The molecule has 0 unspecified atom stereocenters. The Hall–Kier alpha value is -1.36. The van der Waals surface area contributed by atoms with Crippen LogP contribution in [0.15, 0.2) is 17.1 Å². The van der Waals surface area contributed by atoms with Gasteiger partial charge < -0.3 is 10.2 Å². The minimum Gasteiger partial charge on any atom is -0.370 e. The van der Waals surface area contributed by atoms with Gasteiger partial charge in [0, 0.05) is 25.7 Å². The standard InChI is InChI=1S/C11H18N4O/c1-12-4-7-15-11(16)8-10(9-13-15)14-5-2-3-6-14/h8-9,12H,2-7H2,1H3. The van der Waals surface area contributed by atoms with Crippen LogP contribution in [0.4, 0.5) is 5.69 Å². The van der Waals surface area contributed by atoms with Gasteiger partial charge in [0.1, 0.15) is 0 Å². The van der Waals surface area contributed by atoms with Crippen molar-refractivity contribution in [1.82, 2.24) is 15.1 Å². The predicted molar refractivity (Wildman–Crippen MR) is 63.9 cm³/mol. The molecule has 16 heavy (non-hydrogen) atoms. The second-order valence-corrected chi connectivity index (χ2v) is 4.07. The molecule has 5 heteroatoms. The molecule has 0 amide bonds. The maximum atomic E-state index is 11.7. The van der Waals surface area contributed by atoms with Crippen LogP contribution in [0.25, 0.3) is 0 Å². The number of likely N-dealkylation sites (N-methyl/N-ethyl adjacent to an activating group) is 1. The van der Waals surface area contributed by atoms with Gasteiger partial charge in [-0.05, 0) is 19.9 Å². The molecule has 0 spiro atoms. The van der Waals surface area contributed by atoms with Crippen molar-refractivity contribution in [3.8, 4) is 0 Å². The average Bonchev–Trinajstić information content (AvgIpc) is 2.81. The summed E-state index contributed by atoms with van der Waals surface area (Å²) in [4.78, 5) is 14.0. The molecule has 0 radical (unpaired) electrons. The molecule has 0 aromatic carbocycles. The predicted octanol–water partition coefficient (Wildman–Crippen LogP) is 0.0629. The van der Waals surface area contributed by atoms with Crippen LogP contribution in [-0.2, 0) is 6.54 Å². The summed E-state index contributed by atoms with van der Waals surface area (Å²) in [5.41, 5.74) is 0.947. The van der Waals surface area contributed by atoms with Gasteiger partial charge in [-0.1, -0.05) is 0 Å². The third-order valence-corrected chi connectivity index (χ3v) is 2.90. The van der Waals surface area contributed by atoms with Gasteiger partial charge in [0.2, 0.25) is 0 Å². The molecule has 0 bridgehead atoms. The molecule has 2 heterocycles. The normalized spacial score (nSPS) is 15.7. The van der Waals surface area contributed by atoms with E-state index >= 15 is 0 Å². The number of nitrogens with zero attached hydrogens (tertiary/aromatic N) is 3. The Morgan fingerprint density at radius 2 is 2.19 bits per heavy atom. The molecule has 5 nitrogen and oxygen atoms in total. The molecule has 88 valence electrons. The van der Waals surface area contributed by atoms with Gasteiger partial charge in [0.05, 0.1) is 18.4 Å². The number of aromatic nitrogens is 2. The second kappa shape index (κ2) is 5.12. The highest BCUT2D eigenvalue weighted by molar-refractivity contribution is 5.43. The molecule has 1 N–H and O–H groups in total. The Bertz CT molecular complexity index is 395. The summed E-state index contributed by atoms with van der Waals surface area (Å²) in [6.45, 7) is 3.47. The molecule has 0 atom stereocenters. The first-order valence-electron chi connectivity index (χ1n) is 5.78. The van der Waals surface area contributed by atoms with Crippen molar-refractivity contribution in [2.75, 3.05) is 31.6 Å². The van der Waals surface area contributed by atoms with Crippen LogP contribution in [0.5, 0.6) is 0 Å². The Labute approximate surface area is 95.1 Å². The summed E-state index contributed by atoms with van der Waals surface area (Å²) in [5, 5.41) is 7.19. The molecule has 1 fully saturated rings. The minimum atomic E-state index is -0.0142. The van der Waals surface area contributed by atoms with Gasteiger partial charge in [-0.15, -0.1) is 0 Å². The van der Waals surface area contributed by atoms with Gasteiger partial charge in [-0.3, -0.25) is 4.79 Å². The molecule has 0 saturated carbocycles. The van der Waals surface area contributed by atoms with Crippen LogP contribution in [-0.4, -0.2) is 36.5 Å². The lowest BCUT2D eigenvalue weighted by Gasteiger charge is -2.16. The van der Waals surface area contributed by atoms with Crippen molar-refractivity contribution >= 4 is 5.69 Å². The highest BCUT2D eigenvalue weighted by Gasteiger charge is 2.13. The van der Waals surface area contributed by atoms with E-state index in [2.05, 4.69) is 15.3 Å². The Kier molecular flexibility index (Phi) is 3.56. The first kappa shape index (κ1) is 11.1. The minimum absolute atomic E-state index is 0.0142. The molecule has 1 aromatic heterocycles. The van der Waals surface area contributed by atoms with Crippen molar-refractivity contribution in [3.05, 3.63) is 22.6 Å². The first-order chi connectivity index (χ1) is 7.81. The van der Waals surface area contributed by atoms with E-state index in [0.717, 1.165) is 25.3 Å². The van der Waals surface area contributed by atoms with Gasteiger partial charge >= 0.3 is 0 Å². The fraction of sp³-hybridized carbons (Fsp3) is 0.636. The summed E-state index contributed by atoms with van der Waals surface area (Å²) in [6.07, 6.45) is 4.22. The maximum Gasteiger partial charge on any atom is 0.268 e. The number of anilines is 1. The zero-order valence-corrected chi connectivity index (χ0v) is 9.65. The average molecular weight is 222 g/mol. The summed E-state index contributed by atoms with van der Waals surface area (Å²) < 4.78 is 1.50. The molecule has 1 saturated heterocycles. The topological polar surface area (TPSA) is 50.2 Å². The van der Waals surface area contributed by atoms with Crippen LogP contribution in [0, 0.1) is 0 Å². The van der Waals surface area contributed by atoms with Gasteiger partial charge in [-0.25, -0.2) is 4.68 Å². The lowest BCUT2D eigenvalue weighted by atomic mass is 10.4. The molecule has 1 aliphatic rings. The largest absolute Gasteiger partial charge is 0.370 e. The van der Waals surface area contributed by atoms with Crippen LogP contribution in [0.1, 0.15) is 12.8 Å². The lowest BCUT2D eigenvalue weighted by molar-refractivity contribution is 0.554. The monoisotopic (exact) mass is 222 g/mol. The number of nitrogens with one attached hydrogen (secondary N) is 1. The fourth-order valence-electron chi connectivity index (χ4n) is 1.96. The van der Waals surface area contributed by atoms with Crippen molar-refractivity contribution in [3.63, 3.8) is 0 Å². The fourth-order valence-corrected chi connectivity index (χ4v) is 1.96. The summed E-state index contributed by atoms with van der Waals surface area (Å²) in [6, 6.07) is 1.69. The lowest BCUT2D eigenvalue weighted by Crippen LogP contribution is -2.29. The van der Waals surface area contributed by atoms with E-state index < -0.39 is 0 Å². The van der Waals surface area contributed by atoms with E-state index in [1.54, 1.807) is 12.3 Å². The number of hydrogen-bond donors (Lipinski definition) is 1. The molecular formula is C11H18N4O. The summed E-state index contributed by atoms with van der Waals surface area (Å²) in [7, 11) is 1.86. The first-order valence-corrected chi connectivity index (χ1v) is 5.78. The number of hydrogen-bond acceptors (Lipinski definition) is 4. The van der Waals surface area contributed by atoms with E-state index in [1.807, 2.05) is 7.05 Å². The Morgan fingerprint density at radius 3 is 2.81 bits per heavy atom. The zero-order chi connectivity index (χ0) is 11.4. The molecule has 1 aliphatic heterocycles. The highest BCUT2D eigenvalue weighted by Crippen LogP contribution is 2.16. The number of rotatable bonds is 4. The summed E-state index contributed by atoms with van der Waals surface area (Å²) in [5.74, 6) is 0. The highest BCUT2D eigenvalue weighted by atomic mass is 16.1. The van der Waals surface area contributed by atoms with Crippen LogP contribution >= 0.6 is 0 Å². The summed E-state index contributed by atoms with van der Waals surface area (Å²) >= 11 is 0. The van der Waals surface area contributed by atoms with E-state index in [0.29, 0.717) is 6.54 Å². The van der Waals surface area contributed by atoms with Crippen molar-refractivity contribution in [1.29, 1.82) is 0 Å². The van der Waals surface area contributed by atoms with Gasteiger partial charge in [0.15, 0.2) is 0 Å². The van der Waals surface area contributed by atoms with E-state index in [1.165, 1.54) is 17.5 Å². The van der Waals surface area contributed by atoms with Crippen molar-refractivity contribution < 1.29 is 0 Å². The molecule has 2 rings (SSSR count).